The third-order valence-electron chi connectivity index (χ3n) is 3.92. The van der Waals surface area contributed by atoms with E-state index in [4.69, 9.17) is 0 Å². The molecule has 0 saturated carbocycles. The second kappa shape index (κ2) is 8.06. The minimum absolute atomic E-state index is 0.168. The van der Waals surface area contributed by atoms with Gasteiger partial charge in [0.05, 0.1) is 6.04 Å². The summed E-state index contributed by atoms with van der Waals surface area (Å²) in [5.41, 5.74) is 3.63. The Hall–Kier alpha value is -3.21. The molecule has 2 heterocycles. The number of aryl methyl sites for hydroxylation is 1. The lowest BCUT2D eigenvalue weighted by Crippen LogP contribution is -2.34. The fourth-order valence-corrected chi connectivity index (χ4v) is 2.60. The minimum atomic E-state index is -0.251. The molecule has 1 aromatic carbocycles. The van der Waals surface area contributed by atoms with Gasteiger partial charge in [-0.25, -0.2) is 4.79 Å². The largest absolute Gasteiger partial charge is 0.331 e. The number of rotatable bonds is 5. The van der Waals surface area contributed by atoms with Gasteiger partial charge in [-0.3, -0.25) is 9.97 Å². The van der Waals surface area contributed by atoms with Crippen LogP contribution in [0, 0.1) is 6.92 Å². The van der Waals surface area contributed by atoms with Crippen LogP contribution < -0.4 is 10.6 Å². The van der Waals surface area contributed by atoms with Crippen LogP contribution in [0.3, 0.4) is 0 Å². The van der Waals surface area contributed by atoms with Crippen LogP contribution in [0.2, 0.25) is 0 Å². The molecule has 1 atom stereocenters. The van der Waals surface area contributed by atoms with Gasteiger partial charge >= 0.3 is 6.03 Å². The molecule has 0 spiro atoms. The Morgan fingerprint density at radius 2 is 1.84 bits per heavy atom. The number of urea groups is 1. The van der Waals surface area contributed by atoms with Crippen LogP contribution in [0.25, 0.3) is 0 Å². The van der Waals surface area contributed by atoms with Crippen molar-refractivity contribution in [3.8, 4) is 0 Å². The summed E-state index contributed by atoms with van der Waals surface area (Å²) in [6, 6.07) is 17.1. The van der Waals surface area contributed by atoms with Crippen LogP contribution in [0.1, 0.15) is 22.9 Å². The van der Waals surface area contributed by atoms with Crippen molar-refractivity contribution in [2.24, 2.45) is 0 Å². The molecule has 25 heavy (non-hydrogen) atoms. The summed E-state index contributed by atoms with van der Waals surface area (Å²) >= 11 is 0. The van der Waals surface area contributed by atoms with E-state index in [2.05, 4.69) is 20.6 Å². The van der Waals surface area contributed by atoms with Crippen molar-refractivity contribution in [1.29, 1.82) is 0 Å². The molecule has 0 radical (unpaired) electrons. The highest BCUT2D eigenvalue weighted by atomic mass is 16.2. The molecule has 0 fully saturated rings. The van der Waals surface area contributed by atoms with Gasteiger partial charge in [-0.1, -0.05) is 36.4 Å². The standard InChI is InChI=1S/C20H20N4O/c1-15-14-21-12-10-18(15)23-20(25)24-19(16-7-3-2-4-8-16)13-17-9-5-6-11-22-17/h2-12,14,19H,13H2,1H3,(H2,21,23,24,25)/t19-/m0/s1. The van der Waals surface area contributed by atoms with Gasteiger partial charge in [-0.2, -0.15) is 0 Å². The highest BCUT2D eigenvalue weighted by Crippen LogP contribution is 2.18. The van der Waals surface area contributed by atoms with Gasteiger partial charge < -0.3 is 10.6 Å². The number of carbonyl (C=O) groups is 1. The molecule has 5 heteroatoms. The van der Waals surface area contributed by atoms with Crippen molar-refractivity contribution in [3.63, 3.8) is 0 Å². The predicted octanol–water partition coefficient (Wildman–Crippen LogP) is 3.89. The first-order chi connectivity index (χ1) is 12.2. The van der Waals surface area contributed by atoms with Gasteiger partial charge in [0.15, 0.2) is 0 Å². The summed E-state index contributed by atoms with van der Waals surface area (Å²) in [6.45, 7) is 1.91. The average Bonchev–Trinajstić information content (AvgIpc) is 2.65. The van der Waals surface area contributed by atoms with Crippen molar-refractivity contribution in [2.75, 3.05) is 5.32 Å². The molecular formula is C20H20N4O. The van der Waals surface area contributed by atoms with Crippen molar-refractivity contribution in [2.45, 2.75) is 19.4 Å². The van der Waals surface area contributed by atoms with E-state index >= 15 is 0 Å². The maximum absolute atomic E-state index is 12.5. The molecule has 0 unspecified atom stereocenters. The van der Waals surface area contributed by atoms with Gasteiger partial charge in [-0.05, 0) is 36.2 Å². The molecule has 3 rings (SSSR count). The van der Waals surface area contributed by atoms with Crippen molar-refractivity contribution in [3.05, 3.63) is 90.0 Å². The summed E-state index contributed by atoms with van der Waals surface area (Å²) in [5, 5.41) is 5.93. The number of nitrogens with zero attached hydrogens (tertiary/aromatic N) is 2. The molecule has 5 nitrogen and oxygen atoms in total. The van der Waals surface area contributed by atoms with Crippen LogP contribution in [0.4, 0.5) is 10.5 Å². The zero-order valence-electron chi connectivity index (χ0n) is 14.0. The van der Waals surface area contributed by atoms with Crippen LogP contribution in [0.15, 0.2) is 73.2 Å². The van der Waals surface area contributed by atoms with Crippen molar-refractivity contribution < 1.29 is 4.79 Å². The second-order valence-electron chi connectivity index (χ2n) is 5.78. The van der Waals surface area contributed by atoms with E-state index in [9.17, 15) is 4.79 Å². The monoisotopic (exact) mass is 332 g/mol. The first-order valence-corrected chi connectivity index (χ1v) is 8.15. The SMILES string of the molecule is Cc1cnccc1NC(=O)N[C@@H](Cc1ccccn1)c1ccccc1. The lowest BCUT2D eigenvalue weighted by molar-refractivity contribution is 0.248. The highest BCUT2D eigenvalue weighted by Gasteiger charge is 2.16. The molecular weight excluding hydrogens is 312 g/mol. The number of pyridine rings is 2. The summed E-state index contributed by atoms with van der Waals surface area (Å²) in [7, 11) is 0. The van der Waals surface area contributed by atoms with Crippen molar-refractivity contribution >= 4 is 11.7 Å². The smallest absolute Gasteiger partial charge is 0.319 e. The normalized spacial score (nSPS) is 11.6. The van der Waals surface area contributed by atoms with E-state index in [0.29, 0.717) is 6.42 Å². The Labute approximate surface area is 147 Å². The van der Waals surface area contributed by atoms with E-state index < -0.39 is 0 Å². The number of amides is 2. The topological polar surface area (TPSA) is 66.9 Å². The molecule has 0 bridgehead atoms. The fourth-order valence-electron chi connectivity index (χ4n) is 2.60. The van der Waals surface area contributed by atoms with Gasteiger partial charge in [0, 0.05) is 36.4 Å². The molecule has 2 amide bonds. The van der Waals surface area contributed by atoms with E-state index in [-0.39, 0.29) is 12.1 Å². The summed E-state index contributed by atoms with van der Waals surface area (Å²) in [6.07, 6.45) is 5.76. The third-order valence-corrected chi connectivity index (χ3v) is 3.92. The Balaban J connectivity index is 1.75. The number of carbonyl (C=O) groups excluding carboxylic acids is 1. The number of aromatic nitrogens is 2. The Kier molecular flexibility index (Phi) is 5.36. The Morgan fingerprint density at radius 1 is 1.04 bits per heavy atom. The first kappa shape index (κ1) is 16.6. The molecule has 2 aromatic heterocycles. The average molecular weight is 332 g/mol. The molecule has 0 aliphatic heterocycles. The number of benzene rings is 1. The number of hydrogen-bond donors (Lipinski definition) is 2. The van der Waals surface area contributed by atoms with E-state index in [1.54, 1.807) is 24.7 Å². The Bertz CT molecular complexity index is 821. The summed E-state index contributed by atoms with van der Waals surface area (Å²) < 4.78 is 0. The zero-order valence-corrected chi connectivity index (χ0v) is 14.0. The van der Waals surface area contributed by atoms with Crippen molar-refractivity contribution in [1.82, 2.24) is 15.3 Å². The van der Waals surface area contributed by atoms with Gasteiger partial charge in [0.1, 0.15) is 0 Å². The van der Waals surface area contributed by atoms with Crippen LogP contribution >= 0.6 is 0 Å². The van der Waals surface area contributed by atoms with Crippen LogP contribution in [0.5, 0.6) is 0 Å². The molecule has 0 saturated heterocycles. The summed E-state index contributed by atoms with van der Waals surface area (Å²) in [4.78, 5) is 20.9. The van der Waals surface area contributed by atoms with Gasteiger partial charge in [-0.15, -0.1) is 0 Å². The summed E-state index contributed by atoms with van der Waals surface area (Å²) in [5.74, 6) is 0. The minimum Gasteiger partial charge on any atom is -0.331 e. The van der Waals surface area contributed by atoms with E-state index in [1.807, 2.05) is 55.5 Å². The molecule has 0 aliphatic rings. The lowest BCUT2D eigenvalue weighted by Gasteiger charge is -2.20. The van der Waals surface area contributed by atoms with Gasteiger partial charge in [0.2, 0.25) is 0 Å². The Morgan fingerprint density at radius 3 is 2.56 bits per heavy atom. The lowest BCUT2D eigenvalue weighted by atomic mass is 10.0. The highest BCUT2D eigenvalue weighted by molar-refractivity contribution is 5.90. The van der Waals surface area contributed by atoms with E-state index in [0.717, 1.165) is 22.5 Å². The first-order valence-electron chi connectivity index (χ1n) is 8.15. The van der Waals surface area contributed by atoms with E-state index in [1.165, 1.54) is 0 Å². The number of hydrogen-bond acceptors (Lipinski definition) is 3. The third kappa shape index (κ3) is 4.64. The maximum atomic E-state index is 12.5. The molecule has 3 aromatic rings. The van der Waals surface area contributed by atoms with Crippen LogP contribution in [-0.4, -0.2) is 16.0 Å². The number of nitrogens with one attached hydrogen (secondary N) is 2. The number of anilines is 1. The quantitative estimate of drug-likeness (QED) is 0.745. The maximum Gasteiger partial charge on any atom is 0.319 e. The second-order valence-corrected chi connectivity index (χ2v) is 5.78. The predicted molar refractivity (Wildman–Crippen MR) is 98.3 cm³/mol. The zero-order chi connectivity index (χ0) is 17.5. The molecule has 2 N–H and O–H groups in total. The van der Waals surface area contributed by atoms with Crippen LogP contribution in [-0.2, 0) is 6.42 Å². The van der Waals surface area contributed by atoms with Gasteiger partial charge in [0.25, 0.3) is 0 Å². The molecule has 126 valence electrons. The molecule has 0 aliphatic carbocycles. The fraction of sp³-hybridized carbons (Fsp3) is 0.150.